The Balaban J connectivity index is 1.24. The number of hydrogen-bond acceptors (Lipinski definition) is 13. The van der Waals surface area contributed by atoms with Gasteiger partial charge in [-0.15, -0.1) is 11.8 Å². The molecule has 0 aromatic heterocycles. The SMILES string of the molecule is COc1c(C)cc2c(c1O)[C@@H]1C3[C@@H]4SCC(NC(=O)/C=C/c5ccc(C(F)(F)F)cc5)C(=O)OC[C@@H](c5c6c(c(C)c(OC(C)=O)c54)OCO6)N3[C@@H](O)[C@H](C2)N1C. The number of carbonyl (C=O) groups excluding carboxylic acids is 3. The number of methoxy groups -OCH3 is 1. The lowest BCUT2D eigenvalue weighted by Gasteiger charge is -2.62. The normalized spacial score (nSPS) is 26.6. The molecule has 9 rings (SSSR count). The fraction of sp³-hybridized carbons (Fsp3) is 0.425. The number of phenolic OH excluding ortho intramolecular Hbond substituents is 1. The summed E-state index contributed by atoms with van der Waals surface area (Å²) in [7, 11) is 3.36. The molecule has 57 heavy (non-hydrogen) atoms. The molecule has 0 spiro atoms. The van der Waals surface area contributed by atoms with E-state index >= 15 is 0 Å². The van der Waals surface area contributed by atoms with Crippen LogP contribution in [0.3, 0.4) is 0 Å². The second-order valence-corrected chi connectivity index (χ2v) is 15.9. The number of piperazine rings is 1. The zero-order valence-corrected chi connectivity index (χ0v) is 32.3. The van der Waals surface area contributed by atoms with Crippen molar-refractivity contribution < 1.29 is 61.5 Å². The summed E-state index contributed by atoms with van der Waals surface area (Å²) in [4.78, 5) is 43.8. The second-order valence-electron chi connectivity index (χ2n) is 14.7. The molecule has 4 bridgehead atoms. The van der Waals surface area contributed by atoms with Crippen molar-refractivity contribution in [2.45, 2.75) is 75.1 Å². The van der Waals surface area contributed by atoms with Crippen LogP contribution in [0.2, 0.25) is 0 Å². The van der Waals surface area contributed by atoms with Gasteiger partial charge >= 0.3 is 18.1 Å². The van der Waals surface area contributed by atoms with Crippen LogP contribution in [0.25, 0.3) is 6.08 Å². The first-order chi connectivity index (χ1) is 27.1. The first-order valence-electron chi connectivity index (χ1n) is 18.3. The van der Waals surface area contributed by atoms with Gasteiger partial charge in [0.2, 0.25) is 12.7 Å². The smallest absolute Gasteiger partial charge is 0.416 e. The molecule has 7 atom stereocenters. The van der Waals surface area contributed by atoms with Crippen molar-refractivity contribution in [2.75, 3.05) is 33.3 Å². The van der Waals surface area contributed by atoms with Gasteiger partial charge in [-0.1, -0.05) is 18.2 Å². The summed E-state index contributed by atoms with van der Waals surface area (Å²) in [5.74, 6) is -0.839. The Kier molecular flexibility index (Phi) is 9.85. The molecule has 13 nitrogen and oxygen atoms in total. The minimum Gasteiger partial charge on any atom is -0.504 e. The number of aliphatic hydroxyl groups is 1. The predicted octanol–water partition coefficient (Wildman–Crippen LogP) is 4.87. The summed E-state index contributed by atoms with van der Waals surface area (Å²) in [5, 5.41) is 26.3. The molecule has 2 fully saturated rings. The number of hydrogen-bond donors (Lipinski definition) is 3. The summed E-state index contributed by atoms with van der Waals surface area (Å²) in [6.07, 6.45) is -2.78. The van der Waals surface area contributed by atoms with E-state index in [9.17, 15) is 37.8 Å². The number of aliphatic hydroxyl groups excluding tert-OH is 1. The van der Waals surface area contributed by atoms with Crippen molar-refractivity contribution >= 4 is 35.7 Å². The number of phenols is 1. The lowest BCUT2D eigenvalue weighted by atomic mass is 9.73. The van der Waals surface area contributed by atoms with Gasteiger partial charge in [-0.25, -0.2) is 4.79 Å². The zero-order valence-electron chi connectivity index (χ0n) is 31.5. The number of likely N-dealkylation sites (N-methyl/N-ethyl adjacent to an activating group) is 1. The molecule has 1 amide bonds. The van der Waals surface area contributed by atoms with Gasteiger partial charge in [0.15, 0.2) is 23.0 Å². The van der Waals surface area contributed by atoms with E-state index in [1.165, 1.54) is 44.0 Å². The molecule has 0 aliphatic carbocycles. The van der Waals surface area contributed by atoms with Crippen LogP contribution in [-0.2, 0) is 31.7 Å². The van der Waals surface area contributed by atoms with E-state index < -0.39 is 71.3 Å². The first-order valence-corrected chi connectivity index (χ1v) is 19.3. The van der Waals surface area contributed by atoms with Crippen LogP contribution < -0.4 is 24.3 Å². The molecule has 3 aromatic carbocycles. The Morgan fingerprint density at radius 3 is 2.46 bits per heavy atom. The van der Waals surface area contributed by atoms with Gasteiger partial charge in [-0.05, 0) is 62.2 Å². The molecule has 3 N–H and O–H groups in total. The van der Waals surface area contributed by atoms with Crippen molar-refractivity contribution in [3.8, 4) is 28.7 Å². The van der Waals surface area contributed by atoms with Gasteiger partial charge in [-0.3, -0.25) is 19.4 Å². The number of benzene rings is 3. The van der Waals surface area contributed by atoms with Crippen molar-refractivity contribution in [1.29, 1.82) is 0 Å². The number of fused-ring (bicyclic) bond motifs is 10. The number of halogens is 3. The number of carbonyl (C=O) groups is 3. The zero-order chi connectivity index (χ0) is 40.7. The van der Waals surface area contributed by atoms with Crippen LogP contribution in [-0.4, -0.2) is 95.5 Å². The molecule has 17 heteroatoms. The minimum atomic E-state index is -4.51. The first kappa shape index (κ1) is 38.9. The Hall–Kier alpha value is -4.97. The molecular formula is C40H40F3N3O10S. The third-order valence-electron chi connectivity index (χ3n) is 11.5. The van der Waals surface area contributed by atoms with E-state index in [0.717, 1.165) is 29.3 Å². The van der Waals surface area contributed by atoms with Crippen molar-refractivity contribution in [2.24, 2.45) is 0 Å². The highest BCUT2D eigenvalue weighted by molar-refractivity contribution is 7.99. The number of thioether (sulfide) groups is 1. The van der Waals surface area contributed by atoms with Crippen molar-refractivity contribution in [1.82, 2.24) is 15.1 Å². The Morgan fingerprint density at radius 2 is 1.77 bits per heavy atom. The quantitative estimate of drug-likeness (QED) is 0.182. The molecule has 6 aliphatic rings. The Bertz CT molecular complexity index is 2200. The van der Waals surface area contributed by atoms with Crippen LogP contribution in [0.15, 0.2) is 36.4 Å². The van der Waals surface area contributed by atoms with E-state index in [1.54, 1.807) is 6.92 Å². The van der Waals surface area contributed by atoms with Crippen LogP contribution >= 0.6 is 11.8 Å². The minimum absolute atomic E-state index is 0.0317. The van der Waals surface area contributed by atoms with Crippen LogP contribution in [0, 0.1) is 13.8 Å². The molecule has 2 saturated heterocycles. The molecular weight excluding hydrogens is 772 g/mol. The average molecular weight is 812 g/mol. The second kappa shape index (κ2) is 14.4. The van der Waals surface area contributed by atoms with Gasteiger partial charge in [0, 0.05) is 47.0 Å². The highest BCUT2D eigenvalue weighted by Crippen LogP contribution is 2.64. The van der Waals surface area contributed by atoms with Crippen LogP contribution in [0.5, 0.6) is 28.7 Å². The predicted molar refractivity (Wildman–Crippen MR) is 199 cm³/mol. The number of esters is 2. The van der Waals surface area contributed by atoms with Gasteiger partial charge < -0.3 is 39.2 Å². The van der Waals surface area contributed by atoms with Crippen LogP contribution in [0.1, 0.15) is 68.8 Å². The Labute approximate surface area is 329 Å². The van der Waals surface area contributed by atoms with Gasteiger partial charge in [0.05, 0.1) is 36.0 Å². The molecule has 3 aromatic rings. The summed E-state index contributed by atoms with van der Waals surface area (Å²) in [6.45, 7) is 4.44. The molecule has 6 heterocycles. The Morgan fingerprint density at radius 1 is 1.05 bits per heavy atom. The number of nitrogens with one attached hydrogen (secondary N) is 1. The van der Waals surface area contributed by atoms with Gasteiger partial charge in [0.25, 0.3) is 0 Å². The number of nitrogens with zero attached hydrogens (tertiary/aromatic N) is 2. The number of amides is 1. The van der Waals surface area contributed by atoms with E-state index in [4.69, 9.17) is 23.7 Å². The third-order valence-corrected chi connectivity index (χ3v) is 12.9. The van der Waals surface area contributed by atoms with Crippen LogP contribution in [0.4, 0.5) is 13.2 Å². The van der Waals surface area contributed by atoms with Crippen molar-refractivity contribution in [3.05, 3.63) is 80.9 Å². The molecule has 6 aliphatic heterocycles. The van der Waals surface area contributed by atoms with Gasteiger partial charge in [-0.2, -0.15) is 13.2 Å². The summed E-state index contributed by atoms with van der Waals surface area (Å²) >= 11 is 1.27. The average Bonchev–Trinajstić information content (AvgIpc) is 3.65. The highest BCUT2D eigenvalue weighted by atomic mass is 32.2. The molecule has 302 valence electrons. The molecule has 0 radical (unpaired) electrons. The molecule has 2 unspecified atom stereocenters. The lowest BCUT2D eigenvalue weighted by molar-refractivity contribution is -0.184. The van der Waals surface area contributed by atoms with E-state index in [-0.39, 0.29) is 30.7 Å². The number of alkyl halides is 3. The third kappa shape index (κ3) is 6.44. The fourth-order valence-corrected chi connectivity index (χ4v) is 10.6. The maximum atomic E-state index is 13.8. The largest absolute Gasteiger partial charge is 0.504 e. The van der Waals surface area contributed by atoms with E-state index in [0.29, 0.717) is 51.5 Å². The topological polar surface area (TPSA) is 156 Å². The number of rotatable bonds is 5. The monoisotopic (exact) mass is 811 g/mol. The van der Waals surface area contributed by atoms with Crippen molar-refractivity contribution in [3.63, 3.8) is 0 Å². The maximum Gasteiger partial charge on any atom is 0.416 e. The van der Waals surface area contributed by atoms with E-state index in [1.807, 2.05) is 29.8 Å². The standard InChI is InChI=1S/C40H40F3N3O10S/c1-17-12-21-13-24-38(50)46-25-14-53-39(51)23(44-26(48)11-8-20-6-9-22(10-7-20)40(41,42)43)15-57-37(31(46)30(45(24)4)27(21)32(49)33(17)52-5)29-28(25)36-35(54-16-55-36)18(2)34(29)56-19(3)47/h6-12,23-25,30-31,37-38,49-50H,13-16H2,1-5H3,(H,44,48)/b11-8+/t23?,24-,25-,30+,31?,37+,38-/m0/s1. The fourth-order valence-electron chi connectivity index (χ4n) is 9.05. The molecule has 0 saturated carbocycles. The maximum absolute atomic E-state index is 13.8. The number of ether oxygens (including phenoxy) is 5. The lowest BCUT2D eigenvalue weighted by Crippen LogP contribution is -2.69. The number of aryl methyl sites for hydroxylation is 1. The summed E-state index contributed by atoms with van der Waals surface area (Å²) in [5.41, 5.74) is 3.30. The summed E-state index contributed by atoms with van der Waals surface area (Å²) < 4.78 is 68.8. The van der Waals surface area contributed by atoms with Gasteiger partial charge in [0.1, 0.15) is 24.6 Å². The summed E-state index contributed by atoms with van der Waals surface area (Å²) in [6, 6.07) is 2.47. The highest BCUT2D eigenvalue weighted by Gasteiger charge is 2.60. The van der Waals surface area contributed by atoms with E-state index in [2.05, 4.69) is 5.32 Å². The number of aromatic hydroxyl groups is 1.